The molecule has 0 aromatic carbocycles. The van der Waals surface area contributed by atoms with E-state index in [2.05, 4.69) is 22.3 Å². The lowest BCUT2D eigenvalue weighted by molar-refractivity contribution is 0.756. The van der Waals surface area contributed by atoms with Crippen LogP contribution in [0.4, 0.5) is 5.69 Å². The molecule has 0 amide bonds. The van der Waals surface area contributed by atoms with Crippen LogP contribution in [0, 0.1) is 6.92 Å². The van der Waals surface area contributed by atoms with Gasteiger partial charge < -0.3 is 5.32 Å². The van der Waals surface area contributed by atoms with E-state index in [1.54, 1.807) is 6.20 Å². The summed E-state index contributed by atoms with van der Waals surface area (Å²) in [6.07, 6.45) is 3.69. The largest absolute Gasteiger partial charge is 0.376 e. The van der Waals surface area contributed by atoms with Gasteiger partial charge in [0, 0.05) is 25.0 Å². The summed E-state index contributed by atoms with van der Waals surface area (Å²) in [4.78, 5) is 4.04. The van der Waals surface area contributed by atoms with Gasteiger partial charge in [-0.05, 0) is 26.0 Å². The zero-order valence-corrected chi connectivity index (χ0v) is 10.9. The molecular formula is C12H15ClN4. The minimum absolute atomic E-state index is 0.144. The Balaban J connectivity index is 2.20. The maximum Gasteiger partial charge on any atom is 0.152 e. The summed E-state index contributed by atoms with van der Waals surface area (Å²) in [5.74, 6) is 0. The first-order valence-corrected chi connectivity index (χ1v) is 5.83. The van der Waals surface area contributed by atoms with Crippen molar-refractivity contribution in [1.29, 1.82) is 0 Å². The van der Waals surface area contributed by atoms with E-state index >= 15 is 0 Å². The van der Waals surface area contributed by atoms with E-state index in [-0.39, 0.29) is 6.04 Å². The first-order chi connectivity index (χ1) is 8.08. The highest BCUT2D eigenvalue weighted by atomic mass is 35.5. The van der Waals surface area contributed by atoms with Gasteiger partial charge in [0.05, 0.1) is 17.4 Å². The lowest BCUT2D eigenvalue weighted by Crippen LogP contribution is -2.07. The standard InChI is InChI=1S/C12H15ClN4/c1-8(10-7-17(3)16-9(10)2)15-11-5-4-6-14-12(11)13/h4-8,15H,1-3H3. The average molecular weight is 251 g/mol. The van der Waals surface area contributed by atoms with Crippen molar-refractivity contribution in [2.24, 2.45) is 7.05 Å². The number of nitrogens with one attached hydrogen (secondary N) is 1. The maximum atomic E-state index is 6.01. The van der Waals surface area contributed by atoms with Gasteiger partial charge in [-0.3, -0.25) is 4.68 Å². The van der Waals surface area contributed by atoms with Crippen LogP contribution in [0.3, 0.4) is 0 Å². The number of anilines is 1. The predicted molar refractivity (Wildman–Crippen MR) is 69.2 cm³/mol. The molecule has 1 N–H and O–H groups in total. The molecule has 0 fully saturated rings. The summed E-state index contributed by atoms with van der Waals surface area (Å²) in [7, 11) is 1.92. The smallest absolute Gasteiger partial charge is 0.152 e. The second kappa shape index (κ2) is 4.75. The molecule has 1 unspecified atom stereocenters. The molecular weight excluding hydrogens is 236 g/mol. The minimum atomic E-state index is 0.144. The third-order valence-corrected chi connectivity index (χ3v) is 2.95. The van der Waals surface area contributed by atoms with Crippen molar-refractivity contribution in [3.63, 3.8) is 0 Å². The Morgan fingerprint density at radius 1 is 1.47 bits per heavy atom. The molecule has 2 heterocycles. The van der Waals surface area contributed by atoms with Crippen LogP contribution in [0.5, 0.6) is 0 Å². The predicted octanol–water partition coefficient (Wildman–Crippen LogP) is 2.95. The molecule has 5 heteroatoms. The highest BCUT2D eigenvalue weighted by Gasteiger charge is 2.12. The molecule has 0 bridgehead atoms. The van der Waals surface area contributed by atoms with Crippen LogP contribution in [0.15, 0.2) is 24.5 Å². The molecule has 2 aromatic heterocycles. The van der Waals surface area contributed by atoms with Gasteiger partial charge in [-0.2, -0.15) is 5.10 Å². The zero-order valence-electron chi connectivity index (χ0n) is 10.1. The normalized spacial score (nSPS) is 12.5. The number of hydrogen-bond donors (Lipinski definition) is 1. The summed E-state index contributed by atoms with van der Waals surface area (Å²) < 4.78 is 1.81. The van der Waals surface area contributed by atoms with Crippen LogP contribution >= 0.6 is 11.6 Å². The Kier molecular flexibility index (Phi) is 3.33. The monoisotopic (exact) mass is 250 g/mol. The molecule has 0 saturated heterocycles. The van der Waals surface area contributed by atoms with Gasteiger partial charge in [-0.25, -0.2) is 4.98 Å². The summed E-state index contributed by atoms with van der Waals surface area (Å²) in [5, 5.41) is 8.14. The highest BCUT2D eigenvalue weighted by Crippen LogP contribution is 2.25. The summed E-state index contributed by atoms with van der Waals surface area (Å²) >= 11 is 6.01. The number of pyridine rings is 1. The van der Waals surface area contributed by atoms with Gasteiger partial charge in [0.1, 0.15) is 0 Å². The van der Waals surface area contributed by atoms with E-state index in [1.165, 1.54) is 0 Å². The summed E-state index contributed by atoms with van der Waals surface area (Å²) in [5.41, 5.74) is 3.02. The van der Waals surface area contributed by atoms with Crippen LogP contribution in [0.2, 0.25) is 5.15 Å². The van der Waals surface area contributed by atoms with E-state index < -0.39 is 0 Å². The quantitative estimate of drug-likeness (QED) is 0.852. The van der Waals surface area contributed by atoms with Crippen molar-refractivity contribution in [2.75, 3.05) is 5.32 Å². The molecule has 90 valence electrons. The van der Waals surface area contributed by atoms with E-state index in [1.807, 2.05) is 37.0 Å². The molecule has 0 spiro atoms. The summed E-state index contributed by atoms with van der Waals surface area (Å²) in [6.45, 7) is 4.08. The van der Waals surface area contributed by atoms with Crippen LogP contribution < -0.4 is 5.32 Å². The fraction of sp³-hybridized carbons (Fsp3) is 0.333. The second-order valence-corrected chi connectivity index (χ2v) is 4.41. The van der Waals surface area contributed by atoms with E-state index in [0.29, 0.717) is 5.15 Å². The zero-order chi connectivity index (χ0) is 12.4. The molecule has 0 radical (unpaired) electrons. The highest BCUT2D eigenvalue weighted by molar-refractivity contribution is 6.31. The van der Waals surface area contributed by atoms with Crippen molar-refractivity contribution in [2.45, 2.75) is 19.9 Å². The van der Waals surface area contributed by atoms with Gasteiger partial charge in [-0.1, -0.05) is 11.6 Å². The molecule has 0 aliphatic rings. The number of hydrogen-bond acceptors (Lipinski definition) is 3. The van der Waals surface area contributed by atoms with Gasteiger partial charge in [-0.15, -0.1) is 0 Å². The third kappa shape index (κ3) is 2.58. The SMILES string of the molecule is Cc1nn(C)cc1C(C)Nc1cccnc1Cl. The minimum Gasteiger partial charge on any atom is -0.376 e. The maximum absolute atomic E-state index is 6.01. The average Bonchev–Trinajstić information content (AvgIpc) is 2.61. The number of aryl methyl sites for hydroxylation is 2. The first kappa shape index (κ1) is 11.9. The fourth-order valence-electron chi connectivity index (χ4n) is 1.85. The van der Waals surface area contributed by atoms with Crippen molar-refractivity contribution < 1.29 is 0 Å². The fourth-order valence-corrected chi connectivity index (χ4v) is 2.02. The van der Waals surface area contributed by atoms with Crippen molar-refractivity contribution in [3.8, 4) is 0 Å². The van der Waals surface area contributed by atoms with Gasteiger partial charge in [0.15, 0.2) is 5.15 Å². The van der Waals surface area contributed by atoms with Crippen LogP contribution in [0.25, 0.3) is 0 Å². The molecule has 0 saturated carbocycles. The number of rotatable bonds is 3. The lowest BCUT2D eigenvalue weighted by atomic mass is 10.1. The van der Waals surface area contributed by atoms with Crippen LogP contribution in [-0.4, -0.2) is 14.8 Å². The van der Waals surface area contributed by atoms with E-state index in [9.17, 15) is 0 Å². The van der Waals surface area contributed by atoms with E-state index in [0.717, 1.165) is 16.9 Å². The first-order valence-electron chi connectivity index (χ1n) is 5.45. The lowest BCUT2D eigenvalue weighted by Gasteiger charge is -2.15. The third-order valence-electron chi connectivity index (χ3n) is 2.65. The summed E-state index contributed by atoms with van der Waals surface area (Å²) in [6, 6.07) is 3.92. The van der Waals surface area contributed by atoms with Crippen molar-refractivity contribution in [3.05, 3.63) is 40.9 Å². The molecule has 0 aliphatic heterocycles. The van der Waals surface area contributed by atoms with Crippen molar-refractivity contribution in [1.82, 2.24) is 14.8 Å². The Bertz CT molecular complexity index is 521. The number of aromatic nitrogens is 3. The van der Waals surface area contributed by atoms with Gasteiger partial charge in [0.25, 0.3) is 0 Å². The van der Waals surface area contributed by atoms with Crippen LogP contribution in [0.1, 0.15) is 24.2 Å². The Morgan fingerprint density at radius 2 is 2.24 bits per heavy atom. The molecule has 17 heavy (non-hydrogen) atoms. The molecule has 0 aliphatic carbocycles. The number of nitrogens with zero attached hydrogens (tertiary/aromatic N) is 3. The Hall–Kier alpha value is -1.55. The van der Waals surface area contributed by atoms with Gasteiger partial charge in [0.2, 0.25) is 0 Å². The van der Waals surface area contributed by atoms with Crippen molar-refractivity contribution >= 4 is 17.3 Å². The molecule has 2 aromatic rings. The molecule has 1 atom stereocenters. The Labute approximate surface area is 106 Å². The second-order valence-electron chi connectivity index (χ2n) is 4.05. The number of halogens is 1. The van der Waals surface area contributed by atoms with E-state index in [4.69, 9.17) is 11.6 Å². The van der Waals surface area contributed by atoms with Crippen LogP contribution in [-0.2, 0) is 7.05 Å². The molecule has 4 nitrogen and oxygen atoms in total. The van der Waals surface area contributed by atoms with Gasteiger partial charge >= 0.3 is 0 Å². The molecule has 2 rings (SSSR count). The topological polar surface area (TPSA) is 42.7 Å². The Morgan fingerprint density at radius 3 is 2.82 bits per heavy atom.